The van der Waals surface area contributed by atoms with Crippen LogP contribution >= 0.6 is 11.6 Å². The molecule has 1 unspecified atom stereocenters. The number of nitrogens with one attached hydrogen (secondary N) is 1. The van der Waals surface area contributed by atoms with E-state index in [1.165, 1.54) is 0 Å². The van der Waals surface area contributed by atoms with E-state index in [1.54, 1.807) is 0 Å². The summed E-state index contributed by atoms with van der Waals surface area (Å²) in [7, 11) is 0. The maximum atomic E-state index is 9.40. The highest BCUT2D eigenvalue weighted by atomic mass is 35.5. The van der Waals surface area contributed by atoms with E-state index >= 15 is 0 Å². The molecule has 0 spiro atoms. The summed E-state index contributed by atoms with van der Waals surface area (Å²) in [5, 5.41) is 13.2. The largest absolute Gasteiger partial charge is 0.489 e. The Morgan fingerprint density at radius 2 is 2.18 bits per heavy atom. The van der Waals surface area contributed by atoms with Crippen molar-refractivity contribution in [2.75, 3.05) is 13.2 Å². The van der Waals surface area contributed by atoms with Crippen molar-refractivity contribution in [1.82, 2.24) is 5.32 Å². The molecule has 17 heavy (non-hydrogen) atoms. The molecular weight excluding hydrogens is 238 g/mol. The molecule has 4 heteroatoms. The Morgan fingerprint density at radius 1 is 1.41 bits per heavy atom. The van der Waals surface area contributed by atoms with Gasteiger partial charge in [-0.15, -0.1) is 0 Å². The van der Waals surface area contributed by atoms with Gasteiger partial charge in [0.05, 0.1) is 11.1 Å². The smallest absolute Gasteiger partial charge is 0.138 e. The number of rotatable bonds is 7. The van der Waals surface area contributed by atoms with Crippen LogP contribution in [0.3, 0.4) is 0 Å². The molecule has 0 aliphatic carbocycles. The van der Waals surface area contributed by atoms with Crippen LogP contribution < -0.4 is 10.1 Å². The molecule has 1 rings (SSSR count). The number of ether oxygens (including phenoxy) is 1. The molecule has 0 saturated heterocycles. The molecule has 0 amide bonds. The SMILES string of the molecule is CCNCc1ccc(OCC(O)CC)c(Cl)c1. The van der Waals surface area contributed by atoms with Crippen molar-refractivity contribution in [3.8, 4) is 5.75 Å². The number of aliphatic hydroxyl groups excluding tert-OH is 1. The van der Waals surface area contributed by atoms with Crippen LogP contribution in [-0.4, -0.2) is 24.4 Å². The van der Waals surface area contributed by atoms with Gasteiger partial charge in [-0.2, -0.15) is 0 Å². The number of halogens is 1. The Hall–Kier alpha value is -0.770. The van der Waals surface area contributed by atoms with Crippen molar-refractivity contribution >= 4 is 11.6 Å². The van der Waals surface area contributed by atoms with Gasteiger partial charge in [-0.1, -0.05) is 31.5 Å². The molecule has 0 heterocycles. The van der Waals surface area contributed by atoms with E-state index in [0.717, 1.165) is 18.7 Å². The maximum absolute atomic E-state index is 9.40. The van der Waals surface area contributed by atoms with Crippen LogP contribution in [0.1, 0.15) is 25.8 Å². The molecule has 96 valence electrons. The van der Waals surface area contributed by atoms with Crippen LogP contribution in [0.15, 0.2) is 18.2 Å². The van der Waals surface area contributed by atoms with E-state index in [2.05, 4.69) is 12.2 Å². The topological polar surface area (TPSA) is 41.5 Å². The van der Waals surface area contributed by atoms with E-state index < -0.39 is 6.10 Å². The second-order valence-corrected chi connectivity index (χ2v) is 4.33. The molecule has 0 saturated carbocycles. The Bertz CT molecular complexity index is 344. The van der Waals surface area contributed by atoms with Crippen LogP contribution in [0.2, 0.25) is 5.02 Å². The van der Waals surface area contributed by atoms with Gasteiger partial charge < -0.3 is 15.2 Å². The summed E-state index contributed by atoms with van der Waals surface area (Å²) in [4.78, 5) is 0. The fourth-order valence-corrected chi connectivity index (χ4v) is 1.60. The van der Waals surface area contributed by atoms with Gasteiger partial charge in [0.2, 0.25) is 0 Å². The molecule has 0 aliphatic heterocycles. The lowest BCUT2D eigenvalue weighted by Crippen LogP contribution is -2.16. The number of benzene rings is 1. The fourth-order valence-electron chi connectivity index (χ4n) is 1.34. The summed E-state index contributed by atoms with van der Waals surface area (Å²) in [6, 6.07) is 5.71. The van der Waals surface area contributed by atoms with Crippen molar-refractivity contribution < 1.29 is 9.84 Å². The minimum absolute atomic E-state index is 0.281. The zero-order valence-electron chi connectivity index (χ0n) is 10.4. The van der Waals surface area contributed by atoms with E-state index in [1.807, 2.05) is 25.1 Å². The summed E-state index contributed by atoms with van der Waals surface area (Å²) in [6.07, 6.45) is 0.239. The van der Waals surface area contributed by atoms with Gasteiger partial charge in [0.15, 0.2) is 0 Å². The molecule has 0 fully saturated rings. The molecule has 1 aromatic carbocycles. The third kappa shape index (κ3) is 4.94. The van der Waals surface area contributed by atoms with Gasteiger partial charge in [0, 0.05) is 6.54 Å². The normalized spacial score (nSPS) is 12.5. The minimum atomic E-state index is -0.437. The lowest BCUT2D eigenvalue weighted by molar-refractivity contribution is 0.104. The molecule has 1 atom stereocenters. The lowest BCUT2D eigenvalue weighted by atomic mass is 10.2. The Kier molecular flexibility index (Phi) is 6.34. The molecular formula is C13H20ClNO2. The summed E-state index contributed by atoms with van der Waals surface area (Å²) in [6.45, 7) is 5.98. The first-order valence-electron chi connectivity index (χ1n) is 5.97. The molecule has 0 radical (unpaired) electrons. The van der Waals surface area contributed by atoms with Gasteiger partial charge in [-0.05, 0) is 30.7 Å². The lowest BCUT2D eigenvalue weighted by Gasteiger charge is -2.12. The highest BCUT2D eigenvalue weighted by Gasteiger charge is 2.06. The van der Waals surface area contributed by atoms with E-state index in [9.17, 15) is 5.11 Å². The first kappa shape index (κ1) is 14.3. The van der Waals surface area contributed by atoms with Crippen LogP contribution in [0.5, 0.6) is 5.75 Å². The van der Waals surface area contributed by atoms with Gasteiger partial charge in [0.1, 0.15) is 12.4 Å². The third-order valence-corrected chi connectivity index (χ3v) is 2.77. The molecule has 0 aliphatic rings. The van der Waals surface area contributed by atoms with Crippen LogP contribution in [0, 0.1) is 0 Å². The van der Waals surface area contributed by atoms with Crippen LogP contribution in [-0.2, 0) is 6.54 Å². The summed E-state index contributed by atoms with van der Waals surface area (Å²) < 4.78 is 5.45. The number of hydrogen-bond acceptors (Lipinski definition) is 3. The maximum Gasteiger partial charge on any atom is 0.138 e. The fraction of sp³-hybridized carbons (Fsp3) is 0.538. The predicted molar refractivity (Wildman–Crippen MR) is 70.6 cm³/mol. The average molecular weight is 258 g/mol. The van der Waals surface area contributed by atoms with Gasteiger partial charge in [-0.25, -0.2) is 0 Å². The van der Waals surface area contributed by atoms with Gasteiger partial charge in [-0.3, -0.25) is 0 Å². The molecule has 1 aromatic rings. The van der Waals surface area contributed by atoms with Crippen molar-refractivity contribution in [2.24, 2.45) is 0 Å². The van der Waals surface area contributed by atoms with E-state index in [-0.39, 0.29) is 6.61 Å². The van der Waals surface area contributed by atoms with Crippen molar-refractivity contribution in [3.63, 3.8) is 0 Å². The van der Waals surface area contributed by atoms with E-state index in [0.29, 0.717) is 17.2 Å². The summed E-state index contributed by atoms with van der Waals surface area (Å²) in [5.41, 5.74) is 1.13. The van der Waals surface area contributed by atoms with Crippen molar-refractivity contribution in [1.29, 1.82) is 0 Å². The first-order valence-corrected chi connectivity index (χ1v) is 6.35. The molecule has 0 aromatic heterocycles. The molecule has 3 nitrogen and oxygen atoms in total. The zero-order chi connectivity index (χ0) is 12.7. The minimum Gasteiger partial charge on any atom is -0.489 e. The average Bonchev–Trinajstić information content (AvgIpc) is 2.34. The van der Waals surface area contributed by atoms with Crippen molar-refractivity contribution in [3.05, 3.63) is 28.8 Å². The Morgan fingerprint density at radius 3 is 2.76 bits per heavy atom. The quantitative estimate of drug-likeness (QED) is 0.789. The monoisotopic (exact) mass is 257 g/mol. The van der Waals surface area contributed by atoms with Gasteiger partial charge in [0.25, 0.3) is 0 Å². The number of hydrogen-bond donors (Lipinski definition) is 2. The van der Waals surface area contributed by atoms with E-state index in [4.69, 9.17) is 16.3 Å². The molecule has 2 N–H and O–H groups in total. The highest BCUT2D eigenvalue weighted by Crippen LogP contribution is 2.25. The van der Waals surface area contributed by atoms with Crippen LogP contribution in [0.25, 0.3) is 0 Å². The second kappa shape index (κ2) is 7.54. The van der Waals surface area contributed by atoms with Crippen LogP contribution in [0.4, 0.5) is 0 Å². The Labute approximate surface area is 108 Å². The number of aliphatic hydroxyl groups is 1. The summed E-state index contributed by atoms with van der Waals surface area (Å²) in [5.74, 6) is 0.624. The zero-order valence-corrected chi connectivity index (χ0v) is 11.1. The Balaban J connectivity index is 2.56. The van der Waals surface area contributed by atoms with Gasteiger partial charge >= 0.3 is 0 Å². The summed E-state index contributed by atoms with van der Waals surface area (Å²) >= 11 is 6.10. The van der Waals surface area contributed by atoms with Crippen molar-refractivity contribution in [2.45, 2.75) is 32.9 Å². The first-order chi connectivity index (χ1) is 8.17. The predicted octanol–water partition coefficient (Wildman–Crippen LogP) is 2.60. The standard InChI is InChI=1S/C13H20ClNO2/c1-3-11(16)9-17-13-6-5-10(7-12(13)14)8-15-4-2/h5-7,11,15-16H,3-4,8-9H2,1-2H3. The molecule has 0 bridgehead atoms. The second-order valence-electron chi connectivity index (χ2n) is 3.92. The third-order valence-electron chi connectivity index (χ3n) is 2.48. The highest BCUT2D eigenvalue weighted by molar-refractivity contribution is 6.32.